The summed E-state index contributed by atoms with van der Waals surface area (Å²) >= 11 is 0. The average Bonchev–Trinajstić information content (AvgIpc) is 3.68. The minimum Gasteiger partial charge on any atom is -0.0620 e. The molecule has 4 aliphatic rings. The summed E-state index contributed by atoms with van der Waals surface area (Å²) in [6.45, 7) is 0. The van der Waals surface area contributed by atoms with Gasteiger partial charge in [0.1, 0.15) is 0 Å². The fourth-order valence-electron chi connectivity index (χ4n) is 6.38. The lowest BCUT2D eigenvalue weighted by atomic mass is 9.92. The summed E-state index contributed by atoms with van der Waals surface area (Å²) in [5.74, 6) is 0. The van der Waals surface area contributed by atoms with Gasteiger partial charge in [-0.3, -0.25) is 0 Å². The van der Waals surface area contributed by atoms with Crippen LogP contribution in [0, 0.1) is 0 Å². The quantitative estimate of drug-likeness (QED) is 0.225. The second-order valence-corrected chi connectivity index (χ2v) is 11.2. The zero-order chi connectivity index (χ0) is 25.8. The van der Waals surface area contributed by atoms with E-state index < -0.39 is 0 Å². The van der Waals surface area contributed by atoms with Gasteiger partial charge in [0, 0.05) is 0 Å². The van der Waals surface area contributed by atoms with Crippen LogP contribution in [0.15, 0.2) is 97.1 Å². The van der Waals surface area contributed by atoms with Gasteiger partial charge in [0.25, 0.3) is 0 Å². The maximum atomic E-state index is 2.26. The van der Waals surface area contributed by atoms with E-state index >= 15 is 0 Å². The first-order valence-electron chi connectivity index (χ1n) is 15.1. The molecular formula is C38H44. The fourth-order valence-corrected chi connectivity index (χ4v) is 6.38. The average molecular weight is 501 g/mol. The Labute approximate surface area is 231 Å². The van der Waals surface area contributed by atoms with Crippen LogP contribution in [0.5, 0.6) is 0 Å². The molecule has 0 heteroatoms. The van der Waals surface area contributed by atoms with E-state index in [1.807, 2.05) is 0 Å². The summed E-state index contributed by atoms with van der Waals surface area (Å²) in [5.41, 5.74) is 12.6. The Bertz CT molecular complexity index is 1080. The van der Waals surface area contributed by atoms with Crippen molar-refractivity contribution in [3.8, 4) is 0 Å². The molecule has 0 N–H and O–H groups in total. The fraction of sp³-hybridized carbons (Fsp3) is 0.368. The van der Waals surface area contributed by atoms with Crippen molar-refractivity contribution in [3.63, 3.8) is 0 Å². The van der Waals surface area contributed by atoms with Gasteiger partial charge in [0.15, 0.2) is 0 Å². The Balaban J connectivity index is 0.000000103. The van der Waals surface area contributed by atoms with Crippen molar-refractivity contribution in [2.45, 2.75) is 89.9 Å². The smallest absolute Gasteiger partial charge is 0.0273 e. The zero-order valence-corrected chi connectivity index (χ0v) is 23.1. The highest BCUT2D eigenvalue weighted by molar-refractivity contribution is 5.32. The van der Waals surface area contributed by atoms with Gasteiger partial charge in [-0.2, -0.15) is 0 Å². The number of benzene rings is 4. The van der Waals surface area contributed by atoms with E-state index in [0.717, 1.165) is 0 Å². The van der Waals surface area contributed by atoms with E-state index in [0.29, 0.717) is 0 Å². The number of hydrogen-bond donors (Lipinski definition) is 0. The molecular weight excluding hydrogens is 456 g/mol. The van der Waals surface area contributed by atoms with Crippen molar-refractivity contribution in [3.05, 3.63) is 142 Å². The van der Waals surface area contributed by atoms with Gasteiger partial charge in [-0.05, 0) is 134 Å². The van der Waals surface area contributed by atoms with Crippen molar-refractivity contribution in [2.75, 3.05) is 0 Å². The standard InChI is InChI=1S/2C10H12.2C9H10/c2*1-2-6-10-8-4-3-7-9(10)5-1;2*1-2-5-9-7-3-6-8(9)4-1/h2*1-2,5-6H,3-4,7-8H2;2*1-2,4-5H,3,6-7H2. The third-order valence-electron chi connectivity index (χ3n) is 8.54. The van der Waals surface area contributed by atoms with Crippen LogP contribution in [0.2, 0.25) is 0 Å². The van der Waals surface area contributed by atoms with E-state index in [-0.39, 0.29) is 0 Å². The normalized spacial score (nSPS) is 16.0. The molecule has 0 bridgehead atoms. The van der Waals surface area contributed by atoms with Gasteiger partial charge in [0.2, 0.25) is 0 Å². The second kappa shape index (κ2) is 14.1. The van der Waals surface area contributed by atoms with Gasteiger partial charge in [-0.25, -0.2) is 0 Å². The SMILES string of the molecule is c1ccc2c(c1)CCC2.c1ccc2c(c1)CCC2.c1ccc2c(c1)CCCC2.c1ccc2c(c1)CCCC2. The maximum Gasteiger partial charge on any atom is -0.0273 e. The molecule has 0 fully saturated rings. The minimum atomic E-state index is 1.30. The van der Waals surface area contributed by atoms with Crippen LogP contribution in [0.25, 0.3) is 0 Å². The first-order chi connectivity index (χ1) is 18.9. The van der Waals surface area contributed by atoms with Gasteiger partial charge >= 0.3 is 0 Å². The van der Waals surface area contributed by atoms with E-state index in [2.05, 4.69) is 97.1 Å². The molecule has 0 radical (unpaired) electrons. The van der Waals surface area contributed by atoms with Crippen LogP contribution in [0.4, 0.5) is 0 Å². The predicted molar refractivity (Wildman–Crippen MR) is 163 cm³/mol. The Hall–Kier alpha value is -3.12. The van der Waals surface area contributed by atoms with Crippen LogP contribution < -0.4 is 0 Å². The van der Waals surface area contributed by atoms with Crippen LogP contribution >= 0.6 is 0 Å². The van der Waals surface area contributed by atoms with Gasteiger partial charge in [-0.15, -0.1) is 0 Å². The first-order valence-corrected chi connectivity index (χ1v) is 15.1. The molecule has 196 valence electrons. The molecule has 4 aromatic carbocycles. The second-order valence-electron chi connectivity index (χ2n) is 11.2. The topological polar surface area (TPSA) is 0 Å². The van der Waals surface area contributed by atoms with E-state index in [9.17, 15) is 0 Å². The van der Waals surface area contributed by atoms with Crippen molar-refractivity contribution >= 4 is 0 Å². The maximum absolute atomic E-state index is 2.26. The lowest BCUT2D eigenvalue weighted by Crippen LogP contribution is -2.00. The summed E-state index contributed by atoms with van der Waals surface area (Å²) in [6.07, 6.45) is 18.7. The van der Waals surface area contributed by atoms with Crippen molar-refractivity contribution in [2.24, 2.45) is 0 Å². The Kier molecular flexibility index (Phi) is 9.86. The third-order valence-corrected chi connectivity index (χ3v) is 8.54. The molecule has 4 aliphatic carbocycles. The Morgan fingerprint density at radius 2 is 0.368 bits per heavy atom. The molecule has 0 saturated carbocycles. The number of aryl methyl sites for hydroxylation is 8. The molecule has 0 aromatic heterocycles. The Morgan fingerprint density at radius 1 is 0.211 bits per heavy atom. The van der Waals surface area contributed by atoms with Crippen molar-refractivity contribution in [1.82, 2.24) is 0 Å². The highest BCUT2D eigenvalue weighted by atomic mass is 14.1. The monoisotopic (exact) mass is 500 g/mol. The molecule has 8 rings (SSSR count). The van der Waals surface area contributed by atoms with Crippen LogP contribution in [0.3, 0.4) is 0 Å². The molecule has 0 saturated heterocycles. The molecule has 0 nitrogen and oxygen atoms in total. The number of fused-ring (bicyclic) bond motifs is 4. The van der Waals surface area contributed by atoms with E-state index in [4.69, 9.17) is 0 Å². The molecule has 0 unspecified atom stereocenters. The number of rotatable bonds is 0. The van der Waals surface area contributed by atoms with Crippen molar-refractivity contribution in [1.29, 1.82) is 0 Å². The summed E-state index contributed by atoms with van der Waals surface area (Å²) in [6, 6.07) is 35.1. The van der Waals surface area contributed by atoms with Crippen LogP contribution in [-0.2, 0) is 51.4 Å². The number of hydrogen-bond acceptors (Lipinski definition) is 0. The largest absolute Gasteiger partial charge is 0.0620 e. The van der Waals surface area contributed by atoms with Crippen molar-refractivity contribution < 1.29 is 0 Å². The third kappa shape index (κ3) is 7.47. The Morgan fingerprint density at radius 3 is 0.553 bits per heavy atom. The minimum absolute atomic E-state index is 1.30. The predicted octanol–water partition coefficient (Wildman–Crippen LogP) is 9.48. The van der Waals surface area contributed by atoms with Crippen LogP contribution in [0.1, 0.15) is 83.0 Å². The van der Waals surface area contributed by atoms with Gasteiger partial charge in [0.05, 0.1) is 0 Å². The zero-order valence-electron chi connectivity index (χ0n) is 23.1. The lowest BCUT2D eigenvalue weighted by Gasteiger charge is -2.13. The molecule has 4 aromatic rings. The summed E-state index contributed by atoms with van der Waals surface area (Å²) in [4.78, 5) is 0. The molecule has 0 heterocycles. The summed E-state index contributed by atoms with van der Waals surface area (Å²) in [7, 11) is 0. The molecule has 0 aliphatic heterocycles. The highest BCUT2D eigenvalue weighted by Gasteiger charge is 2.09. The molecule has 0 amide bonds. The van der Waals surface area contributed by atoms with Gasteiger partial charge in [-0.1, -0.05) is 97.1 Å². The summed E-state index contributed by atoms with van der Waals surface area (Å²) in [5, 5.41) is 0. The molecule has 0 spiro atoms. The van der Waals surface area contributed by atoms with Crippen LogP contribution in [-0.4, -0.2) is 0 Å². The first kappa shape index (κ1) is 26.5. The summed E-state index contributed by atoms with van der Waals surface area (Å²) < 4.78 is 0. The molecule has 38 heavy (non-hydrogen) atoms. The van der Waals surface area contributed by atoms with E-state index in [1.165, 1.54) is 89.9 Å². The lowest BCUT2D eigenvalue weighted by molar-refractivity contribution is 0.685. The molecule has 0 atom stereocenters. The van der Waals surface area contributed by atoms with Gasteiger partial charge < -0.3 is 0 Å². The highest BCUT2D eigenvalue weighted by Crippen LogP contribution is 2.22. The van der Waals surface area contributed by atoms with E-state index in [1.54, 1.807) is 44.5 Å².